The highest BCUT2D eigenvalue weighted by atomic mass is 32.2. The Bertz CT molecular complexity index is 944. The summed E-state index contributed by atoms with van der Waals surface area (Å²) in [7, 11) is 3.49. The van der Waals surface area contributed by atoms with E-state index in [1.165, 1.54) is 22.2 Å². The number of aromatic nitrogens is 2. The lowest BCUT2D eigenvalue weighted by atomic mass is 9.89. The van der Waals surface area contributed by atoms with Gasteiger partial charge in [-0.3, -0.25) is 14.2 Å². The summed E-state index contributed by atoms with van der Waals surface area (Å²) >= 11 is 3.01. The largest absolute Gasteiger partial charge is 0.376 e. The van der Waals surface area contributed by atoms with Crippen molar-refractivity contribution in [1.29, 1.82) is 0 Å². The van der Waals surface area contributed by atoms with Crippen LogP contribution in [0, 0.1) is 5.92 Å². The monoisotopic (exact) mass is 421 g/mol. The molecular weight excluding hydrogens is 394 g/mol. The van der Waals surface area contributed by atoms with E-state index in [0.29, 0.717) is 17.6 Å². The van der Waals surface area contributed by atoms with Gasteiger partial charge in [0.05, 0.1) is 23.8 Å². The van der Waals surface area contributed by atoms with Crippen molar-refractivity contribution in [3.05, 3.63) is 20.8 Å². The Morgan fingerprint density at radius 1 is 1.39 bits per heavy atom. The number of thioether (sulfide) groups is 1. The van der Waals surface area contributed by atoms with Crippen molar-refractivity contribution < 1.29 is 9.53 Å². The quantitative estimate of drug-likeness (QED) is 0.549. The van der Waals surface area contributed by atoms with E-state index in [1.807, 2.05) is 0 Å². The molecule has 1 aliphatic carbocycles. The van der Waals surface area contributed by atoms with Crippen LogP contribution < -0.4 is 5.56 Å². The summed E-state index contributed by atoms with van der Waals surface area (Å²) in [5, 5.41) is 1.43. The number of carbonyl (C=O) groups excluding carboxylic acids is 1. The molecule has 0 N–H and O–H groups in total. The lowest BCUT2D eigenvalue weighted by molar-refractivity contribution is -0.125. The van der Waals surface area contributed by atoms with Gasteiger partial charge in [-0.05, 0) is 43.6 Å². The minimum Gasteiger partial charge on any atom is -0.376 e. The average molecular weight is 422 g/mol. The summed E-state index contributed by atoms with van der Waals surface area (Å²) < 4.78 is 7.54. The maximum absolute atomic E-state index is 13.5. The van der Waals surface area contributed by atoms with Gasteiger partial charge in [0, 0.05) is 25.6 Å². The zero-order valence-electron chi connectivity index (χ0n) is 16.7. The van der Waals surface area contributed by atoms with Crippen molar-refractivity contribution >= 4 is 39.2 Å². The van der Waals surface area contributed by atoms with Crippen LogP contribution in [0.4, 0.5) is 0 Å². The van der Waals surface area contributed by atoms with Crippen LogP contribution in [-0.4, -0.2) is 52.9 Å². The average Bonchev–Trinajstić information content (AvgIpc) is 3.28. The molecule has 8 heteroatoms. The summed E-state index contributed by atoms with van der Waals surface area (Å²) in [6.45, 7) is 3.54. The number of rotatable bonds is 5. The SMILES string of the molecule is C[C@H]1CCc2c(sc3nc(SCC(=O)N(C)C)n(C[C@@H]4CCCO4)c(=O)c23)C1. The van der Waals surface area contributed by atoms with Crippen molar-refractivity contribution in [3.8, 4) is 0 Å². The van der Waals surface area contributed by atoms with Crippen LogP contribution in [0.25, 0.3) is 10.2 Å². The fourth-order valence-electron chi connectivity index (χ4n) is 3.92. The first-order valence-corrected chi connectivity index (χ1v) is 11.7. The molecule has 152 valence electrons. The molecule has 1 fully saturated rings. The van der Waals surface area contributed by atoms with E-state index < -0.39 is 0 Å². The van der Waals surface area contributed by atoms with Crippen LogP contribution in [0.5, 0.6) is 0 Å². The molecule has 0 spiro atoms. The molecular formula is C20H27N3O3S2. The van der Waals surface area contributed by atoms with Crippen LogP contribution in [0.1, 0.15) is 36.6 Å². The fourth-order valence-corrected chi connectivity index (χ4v) is 6.33. The third-order valence-electron chi connectivity index (χ3n) is 5.61. The van der Waals surface area contributed by atoms with Gasteiger partial charge in [-0.15, -0.1) is 11.3 Å². The van der Waals surface area contributed by atoms with E-state index in [2.05, 4.69) is 6.92 Å². The number of hydrogen-bond donors (Lipinski definition) is 0. The number of carbonyl (C=O) groups is 1. The molecule has 2 aromatic heterocycles. The number of amides is 1. The van der Waals surface area contributed by atoms with Gasteiger partial charge in [0.2, 0.25) is 5.91 Å². The summed E-state index contributed by atoms with van der Waals surface area (Å²) in [5.41, 5.74) is 1.24. The molecule has 2 aromatic rings. The maximum atomic E-state index is 13.5. The summed E-state index contributed by atoms with van der Waals surface area (Å²) in [6.07, 6.45) is 5.16. The van der Waals surface area contributed by atoms with Crippen molar-refractivity contribution in [3.63, 3.8) is 0 Å². The fraction of sp³-hybridized carbons (Fsp3) is 0.650. The normalized spacial score (nSPS) is 21.8. The van der Waals surface area contributed by atoms with Crippen molar-refractivity contribution in [2.24, 2.45) is 5.92 Å². The lowest BCUT2D eigenvalue weighted by Gasteiger charge is -2.18. The highest BCUT2D eigenvalue weighted by Gasteiger charge is 2.26. The molecule has 6 nitrogen and oxygen atoms in total. The Labute approximate surface area is 173 Å². The Morgan fingerprint density at radius 2 is 2.21 bits per heavy atom. The van der Waals surface area contributed by atoms with Gasteiger partial charge in [0.1, 0.15) is 4.83 Å². The first kappa shape index (κ1) is 19.9. The zero-order valence-corrected chi connectivity index (χ0v) is 18.3. The summed E-state index contributed by atoms with van der Waals surface area (Å²) in [5.74, 6) is 0.946. The molecule has 28 heavy (non-hydrogen) atoms. The number of hydrogen-bond acceptors (Lipinski definition) is 6. The minimum absolute atomic E-state index is 0.0160. The van der Waals surface area contributed by atoms with Crippen LogP contribution in [-0.2, 0) is 28.9 Å². The smallest absolute Gasteiger partial charge is 0.263 e. The van der Waals surface area contributed by atoms with E-state index in [4.69, 9.17) is 9.72 Å². The van der Waals surface area contributed by atoms with E-state index in [1.54, 1.807) is 34.9 Å². The van der Waals surface area contributed by atoms with Gasteiger partial charge in [-0.2, -0.15) is 0 Å². The first-order chi connectivity index (χ1) is 13.4. The predicted molar refractivity (Wildman–Crippen MR) is 113 cm³/mol. The second kappa shape index (κ2) is 8.16. The molecule has 2 aliphatic rings. The van der Waals surface area contributed by atoms with Gasteiger partial charge < -0.3 is 9.64 Å². The maximum Gasteiger partial charge on any atom is 0.263 e. The van der Waals surface area contributed by atoms with Crippen molar-refractivity contribution in [1.82, 2.24) is 14.5 Å². The highest BCUT2D eigenvalue weighted by Crippen LogP contribution is 2.36. The van der Waals surface area contributed by atoms with Crippen molar-refractivity contribution in [2.45, 2.75) is 56.8 Å². The number of ether oxygens (including phenoxy) is 1. The molecule has 2 atom stereocenters. The Balaban J connectivity index is 1.76. The lowest BCUT2D eigenvalue weighted by Crippen LogP contribution is -2.30. The molecule has 0 bridgehead atoms. The Hall–Kier alpha value is -1.38. The predicted octanol–water partition coefficient (Wildman–Crippen LogP) is 2.94. The van der Waals surface area contributed by atoms with Crippen LogP contribution >= 0.6 is 23.1 Å². The molecule has 0 saturated carbocycles. The van der Waals surface area contributed by atoms with Crippen LogP contribution in [0.3, 0.4) is 0 Å². The van der Waals surface area contributed by atoms with Crippen LogP contribution in [0.2, 0.25) is 0 Å². The molecule has 3 heterocycles. The molecule has 0 aromatic carbocycles. The van der Waals surface area contributed by atoms with E-state index in [0.717, 1.165) is 48.9 Å². The van der Waals surface area contributed by atoms with Gasteiger partial charge >= 0.3 is 0 Å². The third-order valence-corrected chi connectivity index (χ3v) is 7.72. The van der Waals surface area contributed by atoms with Gasteiger partial charge in [-0.1, -0.05) is 18.7 Å². The second-order valence-electron chi connectivity index (χ2n) is 8.05. The van der Waals surface area contributed by atoms with Gasteiger partial charge in [0.25, 0.3) is 5.56 Å². The number of nitrogens with zero attached hydrogens (tertiary/aromatic N) is 3. The zero-order chi connectivity index (χ0) is 19.8. The summed E-state index contributed by atoms with van der Waals surface area (Å²) in [6, 6.07) is 0. The van der Waals surface area contributed by atoms with E-state index in [9.17, 15) is 9.59 Å². The molecule has 0 unspecified atom stereocenters. The third kappa shape index (κ3) is 3.86. The van der Waals surface area contributed by atoms with Gasteiger partial charge in [-0.25, -0.2) is 4.98 Å². The first-order valence-electron chi connectivity index (χ1n) is 9.93. The topological polar surface area (TPSA) is 64.4 Å². The standard InChI is InChI=1S/C20H27N3O3S2/c1-12-6-7-14-15(9-12)28-18-17(14)19(25)23(10-13-5-4-8-26-13)20(21-18)27-11-16(24)22(2)3/h12-13H,4-11H2,1-3H3/t12-,13-/m0/s1. The molecule has 1 aliphatic heterocycles. The molecule has 0 radical (unpaired) electrons. The van der Waals surface area contributed by atoms with Crippen LogP contribution in [0.15, 0.2) is 9.95 Å². The summed E-state index contributed by atoms with van der Waals surface area (Å²) in [4.78, 5) is 34.1. The second-order valence-corrected chi connectivity index (χ2v) is 10.1. The number of thiophene rings is 1. The van der Waals surface area contributed by atoms with Gasteiger partial charge in [0.15, 0.2) is 5.16 Å². The van der Waals surface area contributed by atoms with Crippen molar-refractivity contribution in [2.75, 3.05) is 26.5 Å². The minimum atomic E-state index is 0.0160. The molecule has 1 amide bonds. The molecule has 1 saturated heterocycles. The number of aryl methyl sites for hydroxylation is 1. The Kier molecular flexibility index (Phi) is 5.81. The van der Waals surface area contributed by atoms with E-state index in [-0.39, 0.29) is 23.3 Å². The Morgan fingerprint density at radius 3 is 2.93 bits per heavy atom. The molecule has 4 rings (SSSR count). The van der Waals surface area contributed by atoms with E-state index >= 15 is 0 Å². The highest BCUT2D eigenvalue weighted by molar-refractivity contribution is 7.99. The number of fused-ring (bicyclic) bond motifs is 3.